The van der Waals surface area contributed by atoms with Gasteiger partial charge in [0.1, 0.15) is 0 Å². The average Bonchev–Trinajstić information content (AvgIpc) is 1.64. The first kappa shape index (κ1) is 8.57. The monoisotopic (exact) mass is 149 g/mol. The maximum Gasteiger partial charge on any atom is 0.545 e. The van der Waals surface area contributed by atoms with Crippen molar-refractivity contribution in [3.05, 3.63) is 0 Å². The molecule has 0 fully saturated rings. The van der Waals surface area contributed by atoms with Crippen LogP contribution in [0.1, 0.15) is 20.8 Å². The molecule has 0 amide bonds. The molecule has 52 valence electrons. The van der Waals surface area contributed by atoms with Crippen LogP contribution in [0.5, 0.6) is 0 Å². The third kappa shape index (κ3) is 3.20. The highest BCUT2D eigenvalue weighted by Gasteiger charge is 2.26. The number of carbonyl (C=O) groups excluding carboxylic acids is 1. The van der Waals surface area contributed by atoms with E-state index in [0.29, 0.717) is 0 Å². The molecule has 0 radical (unpaired) electrons. The quantitative estimate of drug-likeness (QED) is 0.531. The fourth-order valence-electron chi connectivity index (χ4n) is 0.191. The molecule has 0 spiro atoms. The Labute approximate surface area is 55.7 Å². The fraction of sp³-hybridized carbons (Fsp3) is 0.800. The topological polar surface area (TPSA) is 43.4 Å². The summed E-state index contributed by atoms with van der Waals surface area (Å²) in [4.78, 5) is 10.6. The molecule has 0 aliphatic carbocycles. The lowest BCUT2D eigenvalue weighted by atomic mass is 9.98. The molecular formula is C5H10O3P+. The van der Waals surface area contributed by atoms with Crippen LogP contribution in [-0.2, 0) is 13.9 Å². The van der Waals surface area contributed by atoms with Gasteiger partial charge in [-0.3, -0.25) is 0 Å². The van der Waals surface area contributed by atoms with Crippen LogP contribution in [0, 0.1) is 5.41 Å². The minimum atomic E-state index is -0.988. The highest BCUT2D eigenvalue weighted by molar-refractivity contribution is 7.18. The average molecular weight is 149 g/mol. The van der Waals surface area contributed by atoms with Gasteiger partial charge in [-0.15, -0.1) is 0 Å². The molecule has 0 bridgehead atoms. The predicted molar refractivity (Wildman–Crippen MR) is 34.5 cm³/mol. The SMILES string of the molecule is CC(C)(C)C(=O)O[PH+]=O. The van der Waals surface area contributed by atoms with Gasteiger partial charge in [0.05, 0.1) is 5.41 Å². The van der Waals surface area contributed by atoms with Crippen molar-refractivity contribution in [2.45, 2.75) is 20.8 Å². The van der Waals surface area contributed by atoms with E-state index >= 15 is 0 Å². The fourth-order valence-corrected chi connectivity index (χ4v) is 0.573. The van der Waals surface area contributed by atoms with E-state index in [0.717, 1.165) is 0 Å². The Morgan fingerprint density at radius 3 is 2.00 bits per heavy atom. The normalized spacial score (nSPS) is 11.4. The molecule has 1 unspecified atom stereocenters. The van der Waals surface area contributed by atoms with E-state index in [1.807, 2.05) is 0 Å². The smallest absolute Gasteiger partial charge is 0.246 e. The zero-order chi connectivity index (χ0) is 7.49. The molecule has 0 aromatic heterocycles. The van der Waals surface area contributed by atoms with Crippen LogP contribution in [0.15, 0.2) is 0 Å². The van der Waals surface area contributed by atoms with Gasteiger partial charge in [-0.25, -0.2) is 9.32 Å². The second-order valence-corrected chi connectivity index (χ2v) is 3.09. The van der Waals surface area contributed by atoms with Crippen molar-refractivity contribution < 1.29 is 13.9 Å². The Bertz CT molecular complexity index is 125. The van der Waals surface area contributed by atoms with Gasteiger partial charge >= 0.3 is 14.7 Å². The third-order valence-electron chi connectivity index (χ3n) is 0.747. The minimum Gasteiger partial charge on any atom is -0.246 e. The lowest BCUT2D eigenvalue weighted by Gasteiger charge is -2.08. The first-order valence-electron chi connectivity index (χ1n) is 2.57. The molecule has 0 aromatic carbocycles. The summed E-state index contributed by atoms with van der Waals surface area (Å²) in [6, 6.07) is 0. The van der Waals surface area contributed by atoms with Crippen molar-refractivity contribution in [2.75, 3.05) is 0 Å². The molecule has 0 N–H and O–H groups in total. The van der Waals surface area contributed by atoms with E-state index in [9.17, 15) is 9.36 Å². The Morgan fingerprint density at radius 2 is 1.89 bits per heavy atom. The maximum absolute atomic E-state index is 10.6. The molecule has 0 aliphatic rings. The molecule has 0 aromatic rings. The number of hydrogen-bond acceptors (Lipinski definition) is 3. The first-order chi connectivity index (χ1) is 3.98. The highest BCUT2D eigenvalue weighted by Crippen LogP contribution is 2.17. The molecule has 9 heavy (non-hydrogen) atoms. The summed E-state index contributed by atoms with van der Waals surface area (Å²) >= 11 is 0. The molecule has 1 atom stereocenters. The maximum atomic E-state index is 10.6. The largest absolute Gasteiger partial charge is 0.545 e. The third-order valence-corrected chi connectivity index (χ3v) is 1.02. The summed E-state index contributed by atoms with van der Waals surface area (Å²) < 4.78 is 14.0. The Hall–Kier alpha value is -0.430. The number of carbonyl (C=O) groups is 1. The van der Waals surface area contributed by atoms with Gasteiger partial charge in [-0.2, -0.15) is 0 Å². The zero-order valence-corrected chi connectivity index (χ0v) is 6.72. The lowest BCUT2D eigenvalue weighted by Crippen LogP contribution is -2.19. The summed E-state index contributed by atoms with van der Waals surface area (Å²) in [6.45, 7) is 5.11. The number of rotatable bonds is 1. The summed E-state index contributed by atoms with van der Waals surface area (Å²) in [5.74, 6) is -0.434. The van der Waals surface area contributed by atoms with Gasteiger partial charge in [0.2, 0.25) is 0 Å². The Kier molecular flexibility index (Phi) is 2.78. The van der Waals surface area contributed by atoms with Crippen molar-refractivity contribution in [2.24, 2.45) is 5.41 Å². The second-order valence-electron chi connectivity index (χ2n) is 2.72. The lowest BCUT2D eigenvalue weighted by molar-refractivity contribution is -0.142. The van der Waals surface area contributed by atoms with E-state index in [1.165, 1.54) is 0 Å². The summed E-state index contributed by atoms with van der Waals surface area (Å²) in [5, 5.41) is 0. The minimum absolute atomic E-state index is 0.434. The Morgan fingerprint density at radius 1 is 1.44 bits per heavy atom. The van der Waals surface area contributed by atoms with Crippen LogP contribution in [-0.4, -0.2) is 5.97 Å². The van der Waals surface area contributed by atoms with Crippen molar-refractivity contribution >= 4 is 14.7 Å². The zero-order valence-electron chi connectivity index (χ0n) is 5.72. The van der Waals surface area contributed by atoms with Crippen LogP contribution < -0.4 is 0 Å². The van der Waals surface area contributed by atoms with E-state index in [4.69, 9.17) is 0 Å². The first-order valence-corrected chi connectivity index (χ1v) is 3.38. The highest BCUT2D eigenvalue weighted by atomic mass is 31.1. The molecular weight excluding hydrogens is 139 g/mol. The van der Waals surface area contributed by atoms with Crippen molar-refractivity contribution in [3.63, 3.8) is 0 Å². The van der Waals surface area contributed by atoms with Gasteiger partial charge in [0.15, 0.2) is 0 Å². The molecule has 0 rings (SSSR count). The Balaban J connectivity index is 3.88. The predicted octanol–water partition coefficient (Wildman–Crippen LogP) is 1.51. The molecule has 0 saturated carbocycles. The van der Waals surface area contributed by atoms with Gasteiger partial charge in [0.25, 0.3) is 0 Å². The molecule has 3 nitrogen and oxygen atoms in total. The van der Waals surface area contributed by atoms with E-state index in [1.54, 1.807) is 20.8 Å². The van der Waals surface area contributed by atoms with Crippen LogP contribution in [0.25, 0.3) is 0 Å². The summed E-state index contributed by atoms with van der Waals surface area (Å²) in [7, 11) is -0.988. The summed E-state index contributed by atoms with van der Waals surface area (Å²) in [5.41, 5.74) is -0.544. The summed E-state index contributed by atoms with van der Waals surface area (Å²) in [6.07, 6.45) is 0. The standard InChI is InChI=1S/C5H10O3P/c1-5(2,3)4(6)8-9-7/h9H,1-3H3/q+1. The van der Waals surface area contributed by atoms with Crippen molar-refractivity contribution in [1.29, 1.82) is 0 Å². The van der Waals surface area contributed by atoms with Crippen LogP contribution in [0.3, 0.4) is 0 Å². The molecule has 4 heteroatoms. The van der Waals surface area contributed by atoms with E-state index in [-0.39, 0.29) is 0 Å². The van der Waals surface area contributed by atoms with Crippen LogP contribution >= 0.6 is 8.69 Å². The van der Waals surface area contributed by atoms with Gasteiger partial charge in [0, 0.05) is 0 Å². The van der Waals surface area contributed by atoms with Crippen molar-refractivity contribution in [3.8, 4) is 0 Å². The van der Waals surface area contributed by atoms with Gasteiger partial charge < -0.3 is 0 Å². The van der Waals surface area contributed by atoms with E-state index < -0.39 is 20.1 Å². The van der Waals surface area contributed by atoms with Crippen LogP contribution in [0.4, 0.5) is 0 Å². The van der Waals surface area contributed by atoms with E-state index in [2.05, 4.69) is 4.52 Å². The molecule has 0 heterocycles. The number of hydrogen-bond donors (Lipinski definition) is 0. The molecule has 0 saturated heterocycles. The van der Waals surface area contributed by atoms with Crippen LogP contribution in [0.2, 0.25) is 0 Å². The van der Waals surface area contributed by atoms with Gasteiger partial charge in [-0.1, -0.05) is 0 Å². The van der Waals surface area contributed by atoms with Crippen molar-refractivity contribution in [1.82, 2.24) is 0 Å². The molecule has 0 aliphatic heterocycles. The second kappa shape index (κ2) is 2.92. The van der Waals surface area contributed by atoms with Gasteiger partial charge in [-0.05, 0) is 25.3 Å².